The molecule has 0 spiro atoms. The van der Waals surface area contributed by atoms with Crippen molar-refractivity contribution >= 4 is 15.8 Å². The zero-order valence-electron chi connectivity index (χ0n) is 16.6. The zero-order valence-corrected chi connectivity index (χ0v) is 17.4. The largest absolute Gasteiger partial charge is 0.481 e. The molecule has 0 amide bonds. The van der Waals surface area contributed by atoms with Crippen LogP contribution < -0.4 is 4.74 Å². The van der Waals surface area contributed by atoms with Crippen LogP contribution in [0.5, 0.6) is 5.88 Å². The molecule has 0 radical (unpaired) electrons. The van der Waals surface area contributed by atoms with E-state index in [1.807, 2.05) is 0 Å². The number of carbonyl (C=O) groups is 1. The summed E-state index contributed by atoms with van der Waals surface area (Å²) in [6, 6.07) is 5.92. The van der Waals surface area contributed by atoms with Gasteiger partial charge in [-0.15, -0.1) is 0 Å². The molecule has 1 aromatic heterocycles. The summed E-state index contributed by atoms with van der Waals surface area (Å²) in [7, 11) is -1.83. The lowest BCUT2D eigenvalue weighted by Crippen LogP contribution is -2.24. The second kappa shape index (κ2) is 8.46. The third-order valence-corrected chi connectivity index (χ3v) is 7.62. The Bertz CT molecular complexity index is 1070. The molecule has 1 N–H and O–H groups in total. The number of alkyl halides is 3. The minimum atomic E-state index is -4.94. The zero-order chi connectivity index (χ0) is 23.0. The van der Waals surface area contributed by atoms with Crippen molar-refractivity contribution in [2.24, 2.45) is 5.92 Å². The van der Waals surface area contributed by atoms with Crippen LogP contribution in [0, 0.1) is 5.92 Å². The van der Waals surface area contributed by atoms with Gasteiger partial charge in [-0.05, 0) is 36.6 Å². The minimum Gasteiger partial charge on any atom is -0.481 e. The number of rotatable bonds is 6. The van der Waals surface area contributed by atoms with Crippen LogP contribution in [0.3, 0.4) is 0 Å². The Balaban J connectivity index is 2.04. The van der Waals surface area contributed by atoms with Gasteiger partial charge in [0.2, 0.25) is 5.88 Å². The highest BCUT2D eigenvalue weighted by Crippen LogP contribution is 2.42. The number of carboxylic acid groups (broad SMARTS) is 1. The number of carboxylic acids is 1. The van der Waals surface area contributed by atoms with E-state index in [4.69, 9.17) is 9.47 Å². The van der Waals surface area contributed by atoms with Gasteiger partial charge in [0.1, 0.15) is 0 Å². The smallest absolute Gasteiger partial charge is 0.417 e. The highest BCUT2D eigenvalue weighted by atomic mass is 32.2. The summed E-state index contributed by atoms with van der Waals surface area (Å²) < 4.78 is 77.6. The molecule has 2 aromatic rings. The molecule has 1 saturated carbocycles. The molecular formula is C20H20F3NO6S. The van der Waals surface area contributed by atoms with Gasteiger partial charge in [0.25, 0.3) is 0 Å². The second-order valence-corrected chi connectivity index (χ2v) is 9.35. The number of hydrogen-bond donors (Lipinski definition) is 1. The fourth-order valence-corrected chi connectivity index (χ4v) is 5.76. The van der Waals surface area contributed by atoms with Crippen LogP contribution in [0.2, 0.25) is 0 Å². The Hall–Kier alpha value is -2.66. The van der Waals surface area contributed by atoms with E-state index in [1.165, 1.54) is 38.6 Å². The average molecular weight is 459 g/mol. The summed E-state index contributed by atoms with van der Waals surface area (Å²) in [4.78, 5) is 14.5. The third kappa shape index (κ3) is 4.52. The Morgan fingerprint density at radius 3 is 2.29 bits per heavy atom. The summed E-state index contributed by atoms with van der Waals surface area (Å²) in [5, 5.41) is 7.98. The van der Waals surface area contributed by atoms with Gasteiger partial charge in [0.15, 0.2) is 9.84 Å². The van der Waals surface area contributed by atoms with Crippen molar-refractivity contribution in [2.45, 2.75) is 35.3 Å². The van der Waals surface area contributed by atoms with Crippen LogP contribution >= 0.6 is 0 Å². The Morgan fingerprint density at radius 2 is 1.81 bits per heavy atom. The number of aliphatic carboxylic acids is 1. The van der Waals surface area contributed by atoms with Crippen LogP contribution in [0.1, 0.15) is 18.4 Å². The van der Waals surface area contributed by atoms with Gasteiger partial charge in [-0.25, -0.2) is 13.4 Å². The maximum Gasteiger partial charge on any atom is 0.417 e. The van der Waals surface area contributed by atoms with E-state index in [0.717, 1.165) is 12.1 Å². The number of aromatic nitrogens is 1. The molecule has 11 heteroatoms. The van der Waals surface area contributed by atoms with Crippen LogP contribution in [0.15, 0.2) is 41.4 Å². The Labute approximate surface area is 176 Å². The summed E-state index contributed by atoms with van der Waals surface area (Å²) in [6.07, 6.45) is -5.03. The molecule has 0 bridgehead atoms. The Kier molecular flexibility index (Phi) is 6.28. The van der Waals surface area contributed by atoms with E-state index in [9.17, 15) is 31.5 Å². The standard InChI is InChI=1S/C20H20F3NO6S/c1-29-16-9-13(8-14(16)19(25)26)31(27,28)17-5-3-11(7-15(17)20(21,22)23)12-4-6-18(30-2)24-10-12/h3-7,10,13-14,16H,8-9H2,1-2H3,(H,25,26)/t13-,14-,16-/m1/s1. The molecule has 7 nitrogen and oxygen atoms in total. The lowest BCUT2D eigenvalue weighted by Gasteiger charge is -2.18. The predicted molar refractivity (Wildman–Crippen MR) is 103 cm³/mol. The SMILES string of the molecule is COc1ccc(-c2ccc(S(=O)(=O)[C@H]3C[C@@H](OC)[C@H](C(=O)O)C3)c(C(F)(F)F)c2)cn1. The fourth-order valence-electron chi connectivity index (χ4n) is 3.76. The fraction of sp³-hybridized carbons (Fsp3) is 0.400. The van der Waals surface area contributed by atoms with Crippen LogP contribution in [-0.2, 0) is 25.5 Å². The van der Waals surface area contributed by atoms with Gasteiger partial charge in [-0.2, -0.15) is 13.2 Å². The summed E-state index contributed by atoms with van der Waals surface area (Å²) in [6.45, 7) is 0. The Morgan fingerprint density at radius 1 is 1.13 bits per heavy atom. The van der Waals surface area contributed by atoms with E-state index in [1.54, 1.807) is 0 Å². The van der Waals surface area contributed by atoms with E-state index >= 15 is 0 Å². The molecule has 0 unspecified atom stereocenters. The third-order valence-electron chi connectivity index (χ3n) is 5.39. The number of nitrogens with zero attached hydrogens (tertiary/aromatic N) is 1. The first-order chi connectivity index (χ1) is 14.5. The van der Waals surface area contributed by atoms with Gasteiger partial charge < -0.3 is 14.6 Å². The van der Waals surface area contributed by atoms with Gasteiger partial charge in [-0.1, -0.05) is 6.07 Å². The number of methoxy groups -OCH3 is 2. The van der Waals surface area contributed by atoms with Gasteiger partial charge in [0.05, 0.1) is 34.8 Å². The number of ether oxygens (including phenoxy) is 2. The quantitative estimate of drug-likeness (QED) is 0.706. The number of sulfone groups is 1. The van der Waals surface area contributed by atoms with Crippen LogP contribution in [0.4, 0.5) is 13.2 Å². The molecule has 0 aliphatic heterocycles. The molecule has 1 aliphatic rings. The summed E-state index contributed by atoms with van der Waals surface area (Å²) in [5.74, 6) is -2.08. The van der Waals surface area contributed by atoms with Gasteiger partial charge in [0, 0.05) is 24.9 Å². The normalized spacial score (nSPS) is 21.8. The van der Waals surface area contributed by atoms with E-state index in [2.05, 4.69) is 4.98 Å². The molecule has 168 valence electrons. The first-order valence-corrected chi connectivity index (χ1v) is 10.7. The van der Waals surface area contributed by atoms with Crippen molar-refractivity contribution in [3.8, 4) is 17.0 Å². The molecule has 1 heterocycles. The minimum absolute atomic E-state index is 0.131. The van der Waals surface area contributed by atoms with E-state index < -0.39 is 49.7 Å². The van der Waals surface area contributed by atoms with Crippen molar-refractivity contribution in [1.29, 1.82) is 0 Å². The summed E-state index contributed by atoms with van der Waals surface area (Å²) >= 11 is 0. The van der Waals surface area contributed by atoms with Crippen molar-refractivity contribution in [3.05, 3.63) is 42.1 Å². The topological polar surface area (TPSA) is 103 Å². The molecule has 0 saturated heterocycles. The lowest BCUT2D eigenvalue weighted by molar-refractivity contribution is -0.145. The molecule has 3 atom stereocenters. The van der Waals surface area contributed by atoms with Crippen molar-refractivity contribution in [2.75, 3.05) is 14.2 Å². The first-order valence-electron chi connectivity index (χ1n) is 9.20. The van der Waals surface area contributed by atoms with Crippen molar-refractivity contribution in [3.63, 3.8) is 0 Å². The predicted octanol–water partition coefficient (Wildman–Crippen LogP) is 3.43. The number of hydrogen-bond acceptors (Lipinski definition) is 6. The first kappa shape index (κ1) is 23.0. The number of pyridine rings is 1. The average Bonchev–Trinajstić information content (AvgIpc) is 3.18. The molecule has 1 fully saturated rings. The second-order valence-electron chi connectivity index (χ2n) is 7.16. The van der Waals surface area contributed by atoms with E-state index in [0.29, 0.717) is 5.56 Å². The number of benzene rings is 1. The van der Waals surface area contributed by atoms with Crippen LogP contribution in [-0.4, -0.2) is 50.1 Å². The molecular weight excluding hydrogens is 439 g/mol. The van der Waals surface area contributed by atoms with E-state index in [-0.39, 0.29) is 24.3 Å². The molecule has 31 heavy (non-hydrogen) atoms. The molecule has 3 rings (SSSR count). The van der Waals surface area contributed by atoms with Gasteiger partial charge >= 0.3 is 12.1 Å². The summed E-state index contributed by atoms with van der Waals surface area (Å²) in [5.41, 5.74) is -0.832. The van der Waals surface area contributed by atoms with Crippen LogP contribution in [0.25, 0.3) is 11.1 Å². The van der Waals surface area contributed by atoms with Gasteiger partial charge in [-0.3, -0.25) is 4.79 Å². The van der Waals surface area contributed by atoms with Crippen molar-refractivity contribution in [1.82, 2.24) is 4.98 Å². The lowest BCUT2D eigenvalue weighted by atomic mass is 10.0. The number of halogens is 3. The monoisotopic (exact) mass is 459 g/mol. The molecule has 1 aromatic carbocycles. The highest BCUT2D eigenvalue weighted by molar-refractivity contribution is 7.92. The molecule has 1 aliphatic carbocycles. The highest BCUT2D eigenvalue weighted by Gasteiger charge is 2.47. The van der Waals surface area contributed by atoms with Crippen molar-refractivity contribution < 1.29 is 41.0 Å². The maximum atomic E-state index is 13.8. The maximum absolute atomic E-state index is 13.8.